The lowest BCUT2D eigenvalue weighted by Gasteiger charge is -2.09. The summed E-state index contributed by atoms with van der Waals surface area (Å²) in [5.41, 5.74) is 3.62. The molecule has 0 aliphatic rings. The molecule has 1 unspecified atom stereocenters. The second-order valence-electron chi connectivity index (χ2n) is 4.05. The van der Waals surface area contributed by atoms with Crippen molar-refractivity contribution in [1.29, 1.82) is 0 Å². The molecular formula is C12H16N2S. The number of hydrogen-bond donors (Lipinski definition) is 0. The molecule has 3 heteroatoms. The van der Waals surface area contributed by atoms with Gasteiger partial charge < -0.3 is 0 Å². The maximum atomic E-state index is 4.44. The van der Waals surface area contributed by atoms with Gasteiger partial charge in [0.25, 0.3) is 0 Å². The lowest BCUT2D eigenvalue weighted by Crippen LogP contribution is -1.97. The maximum Gasteiger partial charge on any atom is 0.116 e. The second kappa shape index (κ2) is 4.27. The van der Waals surface area contributed by atoms with E-state index < -0.39 is 0 Å². The van der Waals surface area contributed by atoms with Gasteiger partial charge in [0.05, 0.1) is 15.9 Å². The molecular weight excluding hydrogens is 204 g/mol. The molecule has 0 fully saturated rings. The van der Waals surface area contributed by atoms with Crippen molar-refractivity contribution < 1.29 is 0 Å². The van der Waals surface area contributed by atoms with Gasteiger partial charge in [-0.15, -0.1) is 11.3 Å². The zero-order chi connectivity index (χ0) is 10.8. The Balaban J connectivity index is 2.51. The van der Waals surface area contributed by atoms with E-state index in [4.69, 9.17) is 0 Å². The number of fused-ring (bicyclic) bond motifs is 1. The van der Waals surface area contributed by atoms with Crippen LogP contribution in [0.25, 0.3) is 10.2 Å². The zero-order valence-electron chi connectivity index (χ0n) is 9.45. The number of aryl methyl sites for hydroxylation is 1. The summed E-state index contributed by atoms with van der Waals surface area (Å²) in [6.45, 7) is 6.58. The Morgan fingerprint density at radius 1 is 1.40 bits per heavy atom. The van der Waals surface area contributed by atoms with E-state index in [1.165, 1.54) is 28.8 Å². The smallest absolute Gasteiger partial charge is 0.116 e. The third-order valence-corrected chi connectivity index (χ3v) is 3.86. The maximum absolute atomic E-state index is 4.44. The molecule has 2 rings (SSSR count). The van der Waals surface area contributed by atoms with Crippen molar-refractivity contribution in [3.63, 3.8) is 0 Å². The van der Waals surface area contributed by atoms with Crippen LogP contribution in [0.1, 0.15) is 43.9 Å². The average Bonchev–Trinajstić information content (AvgIpc) is 2.61. The van der Waals surface area contributed by atoms with Gasteiger partial charge in [-0.05, 0) is 30.2 Å². The molecule has 0 radical (unpaired) electrons. The van der Waals surface area contributed by atoms with E-state index in [1.807, 2.05) is 0 Å². The number of aromatic nitrogens is 2. The quantitative estimate of drug-likeness (QED) is 0.784. The van der Waals surface area contributed by atoms with Crippen LogP contribution >= 0.6 is 11.3 Å². The van der Waals surface area contributed by atoms with E-state index in [1.54, 1.807) is 17.7 Å². The van der Waals surface area contributed by atoms with Gasteiger partial charge in [0.1, 0.15) is 6.33 Å². The number of rotatable bonds is 3. The molecule has 0 aliphatic heterocycles. The molecule has 80 valence electrons. The number of thiophene rings is 1. The summed E-state index contributed by atoms with van der Waals surface area (Å²) in [6, 6.07) is 0. The van der Waals surface area contributed by atoms with Crippen LogP contribution in [0.15, 0.2) is 11.7 Å². The van der Waals surface area contributed by atoms with Crippen molar-refractivity contribution in [3.8, 4) is 0 Å². The Kier molecular flexibility index (Phi) is 3.00. The molecule has 0 bridgehead atoms. The van der Waals surface area contributed by atoms with Gasteiger partial charge in [0.2, 0.25) is 0 Å². The monoisotopic (exact) mass is 220 g/mol. The molecule has 2 aromatic rings. The van der Waals surface area contributed by atoms with Crippen molar-refractivity contribution in [2.45, 2.75) is 39.5 Å². The molecule has 0 aromatic carbocycles. The third-order valence-electron chi connectivity index (χ3n) is 2.75. The highest BCUT2D eigenvalue weighted by Gasteiger charge is 2.13. The average molecular weight is 220 g/mol. The summed E-state index contributed by atoms with van der Waals surface area (Å²) in [5, 5.41) is 2.17. The van der Waals surface area contributed by atoms with Gasteiger partial charge >= 0.3 is 0 Å². The SMILES string of the molecule is CCCC(C)c1ncnc2c(C)csc12. The lowest BCUT2D eigenvalue weighted by molar-refractivity contribution is 0.652. The topological polar surface area (TPSA) is 25.8 Å². The first-order chi connectivity index (χ1) is 7.24. The third kappa shape index (κ3) is 1.88. The summed E-state index contributed by atoms with van der Waals surface area (Å²) in [4.78, 5) is 8.78. The van der Waals surface area contributed by atoms with E-state index in [-0.39, 0.29) is 0 Å². The van der Waals surface area contributed by atoms with Crippen LogP contribution in [-0.2, 0) is 0 Å². The van der Waals surface area contributed by atoms with Crippen molar-refractivity contribution in [2.75, 3.05) is 0 Å². The fourth-order valence-electron chi connectivity index (χ4n) is 1.91. The predicted octanol–water partition coefficient (Wildman–Crippen LogP) is 3.90. The van der Waals surface area contributed by atoms with Gasteiger partial charge in [-0.1, -0.05) is 20.3 Å². The molecule has 2 aromatic heterocycles. The van der Waals surface area contributed by atoms with E-state index in [2.05, 4.69) is 36.1 Å². The zero-order valence-corrected chi connectivity index (χ0v) is 10.3. The molecule has 15 heavy (non-hydrogen) atoms. The van der Waals surface area contributed by atoms with Crippen molar-refractivity contribution >= 4 is 21.6 Å². The fraction of sp³-hybridized carbons (Fsp3) is 0.500. The van der Waals surface area contributed by atoms with E-state index in [9.17, 15) is 0 Å². The van der Waals surface area contributed by atoms with E-state index >= 15 is 0 Å². The van der Waals surface area contributed by atoms with Crippen LogP contribution in [0.5, 0.6) is 0 Å². The van der Waals surface area contributed by atoms with Crippen molar-refractivity contribution in [3.05, 3.63) is 23.0 Å². The largest absolute Gasteiger partial charge is 0.240 e. The Morgan fingerprint density at radius 3 is 2.93 bits per heavy atom. The Hall–Kier alpha value is -0.960. The first kappa shape index (κ1) is 10.6. The van der Waals surface area contributed by atoms with Crippen LogP contribution in [0.4, 0.5) is 0 Å². The lowest BCUT2D eigenvalue weighted by atomic mass is 10.0. The molecule has 0 amide bonds. The van der Waals surface area contributed by atoms with E-state index in [0.717, 1.165) is 5.52 Å². The molecule has 0 saturated carbocycles. The summed E-state index contributed by atoms with van der Waals surface area (Å²) in [5.74, 6) is 0.540. The van der Waals surface area contributed by atoms with Crippen LogP contribution in [0.2, 0.25) is 0 Å². The van der Waals surface area contributed by atoms with Crippen LogP contribution < -0.4 is 0 Å². The Labute approximate surface area is 94.4 Å². The van der Waals surface area contributed by atoms with E-state index in [0.29, 0.717) is 5.92 Å². The minimum atomic E-state index is 0.540. The van der Waals surface area contributed by atoms with Gasteiger partial charge in [0, 0.05) is 0 Å². The molecule has 1 atom stereocenters. The molecule has 0 spiro atoms. The summed E-state index contributed by atoms with van der Waals surface area (Å²) < 4.78 is 1.27. The summed E-state index contributed by atoms with van der Waals surface area (Å²) in [6.07, 6.45) is 4.10. The number of nitrogens with zero attached hydrogens (tertiary/aromatic N) is 2. The summed E-state index contributed by atoms with van der Waals surface area (Å²) >= 11 is 1.77. The minimum Gasteiger partial charge on any atom is -0.240 e. The highest BCUT2D eigenvalue weighted by atomic mass is 32.1. The fourth-order valence-corrected chi connectivity index (χ4v) is 3.01. The summed E-state index contributed by atoms with van der Waals surface area (Å²) in [7, 11) is 0. The highest BCUT2D eigenvalue weighted by molar-refractivity contribution is 7.17. The van der Waals surface area contributed by atoms with Gasteiger partial charge in [0.15, 0.2) is 0 Å². The van der Waals surface area contributed by atoms with Crippen LogP contribution in [0, 0.1) is 6.92 Å². The molecule has 0 N–H and O–H groups in total. The minimum absolute atomic E-state index is 0.540. The highest BCUT2D eigenvalue weighted by Crippen LogP contribution is 2.31. The van der Waals surface area contributed by atoms with Crippen molar-refractivity contribution in [2.24, 2.45) is 0 Å². The number of hydrogen-bond acceptors (Lipinski definition) is 3. The first-order valence-corrected chi connectivity index (χ1v) is 6.30. The predicted molar refractivity (Wildman–Crippen MR) is 65.5 cm³/mol. The van der Waals surface area contributed by atoms with Gasteiger partial charge in [-0.2, -0.15) is 0 Å². The molecule has 0 aliphatic carbocycles. The Bertz CT molecular complexity index is 462. The second-order valence-corrected chi connectivity index (χ2v) is 4.92. The van der Waals surface area contributed by atoms with Crippen molar-refractivity contribution in [1.82, 2.24) is 9.97 Å². The molecule has 2 heterocycles. The molecule has 2 nitrogen and oxygen atoms in total. The van der Waals surface area contributed by atoms with Gasteiger partial charge in [-0.25, -0.2) is 9.97 Å². The Morgan fingerprint density at radius 2 is 2.20 bits per heavy atom. The van der Waals surface area contributed by atoms with Crippen LogP contribution in [0.3, 0.4) is 0 Å². The first-order valence-electron chi connectivity index (χ1n) is 5.42. The normalized spacial score (nSPS) is 13.3. The molecule has 0 saturated heterocycles. The standard InChI is InChI=1S/C12H16N2S/c1-4-5-8(2)10-12-11(14-7-13-10)9(3)6-15-12/h6-8H,4-5H2,1-3H3. The van der Waals surface area contributed by atoms with Gasteiger partial charge in [-0.3, -0.25) is 0 Å². The van der Waals surface area contributed by atoms with Crippen LogP contribution in [-0.4, -0.2) is 9.97 Å².